The highest BCUT2D eigenvalue weighted by Gasteiger charge is 2.12. The van der Waals surface area contributed by atoms with E-state index in [0.717, 1.165) is 37.7 Å². The molecule has 6 heteroatoms. The fourth-order valence-electron chi connectivity index (χ4n) is 2.49. The maximum absolute atomic E-state index is 12.2. The second-order valence-electron chi connectivity index (χ2n) is 5.32. The van der Waals surface area contributed by atoms with E-state index in [1.807, 2.05) is 12.1 Å². The molecule has 0 radical (unpaired) electrons. The van der Waals surface area contributed by atoms with Crippen LogP contribution in [0.15, 0.2) is 42.6 Å². The molecule has 1 aliphatic rings. The molecule has 120 valence electrons. The van der Waals surface area contributed by atoms with Gasteiger partial charge < -0.3 is 20.3 Å². The van der Waals surface area contributed by atoms with Crippen LogP contribution in [0.4, 0.5) is 11.5 Å². The van der Waals surface area contributed by atoms with Crippen LogP contribution < -0.4 is 20.3 Å². The molecule has 0 unspecified atom stereocenters. The van der Waals surface area contributed by atoms with Crippen LogP contribution in [-0.2, 0) is 0 Å². The summed E-state index contributed by atoms with van der Waals surface area (Å²) in [5.74, 6) is 1.50. The number of hydrogen-bond acceptors (Lipinski definition) is 5. The number of ether oxygens (including phenoxy) is 1. The average Bonchev–Trinajstić information content (AvgIpc) is 2.63. The Morgan fingerprint density at radius 1 is 1.17 bits per heavy atom. The van der Waals surface area contributed by atoms with Crippen molar-refractivity contribution in [3.8, 4) is 5.75 Å². The van der Waals surface area contributed by atoms with Crippen molar-refractivity contribution in [1.82, 2.24) is 10.3 Å². The number of carbonyl (C=O) groups is 1. The summed E-state index contributed by atoms with van der Waals surface area (Å²) in [6, 6.07) is 10.8. The molecule has 0 spiro atoms. The van der Waals surface area contributed by atoms with E-state index in [9.17, 15) is 4.79 Å². The molecule has 1 aromatic carbocycles. The van der Waals surface area contributed by atoms with Gasteiger partial charge >= 0.3 is 0 Å². The van der Waals surface area contributed by atoms with Gasteiger partial charge in [-0.3, -0.25) is 4.79 Å². The first-order chi connectivity index (χ1) is 11.3. The summed E-state index contributed by atoms with van der Waals surface area (Å²) in [6.45, 7) is 3.84. The number of piperazine rings is 1. The zero-order valence-corrected chi connectivity index (χ0v) is 13.1. The van der Waals surface area contributed by atoms with Gasteiger partial charge in [0, 0.05) is 31.7 Å². The lowest BCUT2D eigenvalue weighted by Crippen LogP contribution is -2.43. The monoisotopic (exact) mass is 312 g/mol. The zero-order valence-electron chi connectivity index (χ0n) is 13.1. The van der Waals surface area contributed by atoms with Crippen LogP contribution in [0.25, 0.3) is 0 Å². The van der Waals surface area contributed by atoms with Gasteiger partial charge in [0.15, 0.2) is 0 Å². The van der Waals surface area contributed by atoms with Crippen LogP contribution in [0.5, 0.6) is 5.75 Å². The summed E-state index contributed by atoms with van der Waals surface area (Å²) in [5.41, 5.74) is 1.27. The van der Waals surface area contributed by atoms with Gasteiger partial charge in [-0.05, 0) is 36.4 Å². The lowest BCUT2D eigenvalue weighted by molar-refractivity contribution is 0.102. The Morgan fingerprint density at radius 2 is 1.91 bits per heavy atom. The van der Waals surface area contributed by atoms with E-state index in [1.54, 1.807) is 37.6 Å². The van der Waals surface area contributed by atoms with E-state index >= 15 is 0 Å². The fraction of sp³-hybridized carbons (Fsp3) is 0.294. The number of methoxy groups -OCH3 is 1. The summed E-state index contributed by atoms with van der Waals surface area (Å²) < 4.78 is 5.09. The Kier molecular flexibility index (Phi) is 4.73. The van der Waals surface area contributed by atoms with Crippen LogP contribution in [0, 0.1) is 0 Å². The van der Waals surface area contributed by atoms with Crippen LogP contribution in [0.2, 0.25) is 0 Å². The van der Waals surface area contributed by atoms with E-state index < -0.39 is 0 Å². The molecule has 0 aliphatic carbocycles. The van der Waals surface area contributed by atoms with E-state index in [1.165, 1.54) is 0 Å². The topological polar surface area (TPSA) is 66.5 Å². The molecule has 2 heterocycles. The first-order valence-electron chi connectivity index (χ1n) is 7.63. The normalized spacial score (nSPS) is 14.4. The van der Waals surface area contributed by atoms with Crippen molar-refractivity contribution in [3.05, 3.63) is 48.2 Å². The summed E-state index contributed by atoms with van der Waals surface area (Å²) in [5, 5.41) is 6.17. The van der Waals surface area contributed by atoms with Gasteiger partial charge in [0.2, 0.25) is 0 Å². The number of pyridine rings is 1. The highest BCUT2D eigenvalue weighted by atomic mass is 16.5. The van der Waals surface area contributed by atoms with E-state index in [4.69, 9.17) is 4.74 Å². The summed E-state index contributed by atoms with van der Waals surface area (Å²) >= 11 is 0. The number of nitrogens with zero attached hydrogens (tertiary/aromatic N) is 2. The minimum Gasteiger partial charge on any atom is -0.497 e. The molecule has 2 N–H and O–H groups in total. The van der Waals surface area contributed by atoms with Crippen LogP contribution in [-0.4, -0.2) is 44.2 Å². The Labute approximate surface area is 135 Å². The molecular weight excluding hydrogens is 292 g/mol. The van der Waals surface area contributed by atoms with Crippen molar-refractivity contribution in [1.29, 1.82) is 0 Å². The highest BCUT2D eigenvalue weighted by molar-refractivity contribution is 6.04. The molecule has 23 heavy (non-hydrogen) atoms. The Balaban J connectivity index is 1.63. The minimum atomic E-state index is -0.163. The lowest BCUT2D eigenvalue weighted by Gasteiger charge is -2.28. The zero-order chi connectivity index (χ0) is 16.1. The maximum atomic E-state index is 12.2. The second kappa shape index (κ2) is 7.11. The van der Waals surface area contributed by atoms with Crippen molar-refractivity contribution in [2.24, 2.45) is 0 Å². The first-order valence-corrected chi connectivity index (χ1v) is 7.63. The van der Waals surface area contributed by atoms with E-state index in [0.29, 0.717) is 11.3 Å². The molecule has 1 amide bonds. The summed E-state index contributed by atoms with van der Waals surface area (Å²) in [7, 11) is 1.60. The minimum absolute atomic E-state index is 0.163. The van der Waals surface area contributed by atoms with Crippen LogP contribution in [0.3, 0.4) is 0 Å². The molecule has 1 aromatic heterocycles. The van der Waals surface area contributed by atoms with Crippen molar-refractivity contribution in [2.75, 3.05) is 43.5 Å². The van der Waals surface area contributed by atoms with Gasteiger partial charge in [0.25, 0.3) is 5.91 Å². The van der Waals surface area contributed by atoms with Crippen LogP contribution >= 0.6 is 0 Å². The molecule has 1 aliphatic heterocycles. The molecule has 6 nitrogen and oxygen atoms in total. The third-order valence-electron chi connectivity index (χ3n) is 3.80. The number of benzene rings is 1. The van der Waals surface area contributed by atoms with E-state index in [2.05, 4.69) is 20.5 Å². The molecule has 0 saturated carbocycles. The number of amides is 1. The Morgan fingerprint density at radius 3 is 2.52 bits per heavy atom. The predicted octanol–water partition coefficient (Wildman–Crippen LogP) is 1.75. The Hall–Kier alpha value is -2.60. The highest BCUT2D eigenvalue weighted by Crippen LogP contribution is 2.16. The molecule has 3 rings (SSSR count). The third-order valence-corrected chi connectivity index (χ3v) is 3.80. The van der Waals surface area contributed by atoms with Gasteiger partial charge in [-0.25, -0.2) is 4.98 Å². The molecule has 1 saturated heterocycles. The van der Waals surface area contributed by atoms with Crippen molar-refractivity contribution in [3.63, 3.8) is 0 Å². The summed E-state index contributed by atoms with van der Waals surface area (Å²) in [4.78, 5) is 18.9. The van der Waals surface area contributed by atoms with Crippen molar-refractivity contribution >= 4 is 17.4 Å². The van der Waals surface area contributed by atoms with Crippen molar-refractivity contribution in [2.45, 2.75) is 0 Å². The predicted molar refractivity (Wildman–Crippen MR) is 90.3 cm³/mol. The molecular formula is C17H20N4O2. The fourth-order valence-corrected chi connectivity index (χ4v) is 2.49. The maximum Gasteiger partial charge on any atom is 0.255 e. The number of aromatic nitrogens is 1. The molecule has 2 aromatic rings. The SMILES string of the molecule is COc1ccc(C(=O)Nc2ccc(N3CCNCC3)nc2)cc1. The van der Waals surface area contributed by atoms with Gasteiger partial charge in [-0.2, -0.15) is 0 Å². The number of anilines is 2. The van der Waals surface area contributed by atoms with Gasteiger partial charge in [0.05, 0.1) is 19.0 Å². The standard InChI is InChI=1S/C17H20N4O2/c1-23-15-5-2-13(3-6-15)17(22)20-14-4-7-16(19-12-14)21-10-8-18-9-11-21/h2-7,12,18H,8-11H2,1H3,(H,20,22). The smallest absolute Gasteiger partial charge is 0.255 e. The Bertz CT molecular complexity index is 649. The third kappa shape index (κ3) is 3.78. The van der Waals surface area contributed by atoms with Crippen LogP contribution in [0.1, 0.15) is 10.4 Å². The lowest BCUT2D eigenvalue weighted by atomic mass is 10.2. The number of nitrogens with one attached hydrogen (secondary N) is 2. The second-order valence-corrected chi connectivity index (χ2v) is 5.32. The largest absolute Gasteiger partial charge is 0.497 e. The number of carbonyl (C=O) groups excluding carboxylic acids is 1. The number of rotatable bonds is 4. The molecule has 1 fully saturated rings. The number of hydrogen-bond donors (Lipinski definition) is 2. The van der Waals surface area contributed by atoms with E-state index in [-0.39, 0.29) is 5.91 Å². The first kappa shape index (κ1) is 15.3. The molecule has 0 bridgehead atoms. The van der Waals surface area contributed by atoms with Gasteiger partial charge in [-0.15, -0.1) is 0 Å². The van der Waals surface area contributed by atoms with Crippen molar-refractivity contribution < 1.29 is 9.53 Å². The quantitative estimate of drug-likeness (QED) is 0.900. The summed E-state index contributed by atoms with van der Waals surface area (Å²) in [6.07, 6.45) is 1.69. The average molecular weight is 312 g/mol. The molecule has 0 atom stereocenters. The van der Waals surface area contributed by atoms with Gasteiger partial charge in [0.1, 0.15) is 11.6 Å². The van der Waals surface area contributed by atoms with Gasteiger partial charge in [-0.1, -0.05) is 0 Å².